The molecule has 0 amide bonds. The van der Waals surface area contributed by atoms with E-state index in [0.717, 1.165) is 177 Å². The van der Waals surface area contributed by atoms with E-state index in [-0.39, 0.29) is 29.4 Å². The lowest BCUT2D eigenvalue weighted by atomic mass is 9.89. The van der Waals surface area contributed by atoms with Crippen LogP contribution in [0.5, 0.6) is 0 Å². The number of hydrogen-bond donors (Lipinski definition) is 0. The van der Waals surface area contributed by atoms with Gasteiger partial charge in [-0.3, -0.25) is 0 Å². The molecule has 12 aromatic carbocycles. The Morgan fingerprint density at radius 3 is 0.862 bits per heavy atom. The second-order valence-electron chi connectivity index (χ2n) is 34.4. The van der Waals surface area contributed by atoms with Crippen LogP contribution in [0.3, 0.4) is 0 Å². The van der Waals surface area contributed by atoms with Crippen molar-refractivity contribution < 1.29 is 44.7 Å². The predicted molar refractivity (Wildman–Crippen MR) is 503 cm³/mol. The number of fused-ring (bicyclic) bond motifs is 12. The van der Waals surface area contributed by atoms with Gasteiger partial charge in [0, 0.05) is 91.6 Å². The Bertz CT molecular complexity index is 7460. The highest BCUT2D eigenvalue weighted by atomic mass is 19.1. The van der Waals surface area contributed by atoms with Crippen LogP contribution in [0.25, 0.3) is 177 Å². The quantitative estimate of drug-likeness (QED) is 0.114. The lowest BCUT2D eigenvalue weighted by Crippen LogP contribution is -2.30. The maximum Gasteiger partial charge on any atom is 0.216 e. The Balaban J connectivity index is 0.000000117. The fourth-order valence-electron chi connectivity index (χ4n) is 17.6. The number of pyridine rings is 4. The maximum absolute atomic E-state index is 15.2. The fourth-order valence-corrected chi connectivity index (χ4v) is 17.6. The lowest BCUT2D eigenvalue weighted by molar-refractivity contribution is -0.660. The molecule has 0 atom stereocenters. The largest absolute Gasteiger partial charge is 0.455 e. The minimum Gasteiger partial charge on any atom is -0.455 e. The summed E-state index contributed by atoms with van der Waals surface area (Å²) in [7, 11) is 8.30. The van der Waals surface area contributed by atoms with Crippen molar-refractivity contribution >= 4 is 87.8 Å². The zero-order chi connectivity index (χ0) is 85.9. The molecular formula is C113H104F2N4O4+4. The molecule has 610 valence electrons. The van der Waals surface area contributed by atoms with E-state index in [1.54, 1.807) is 6.07 Å². The topological polar surface area (TPSA) is 68.1 Å². The van der Waals surface area contributed by atoms with Gasteiger partial charge in [-0.05, 0) is 196 Å². The van der Waals surface area contributed by atoms with Gasteiger partial charge in [0.15, 0.2) is 24.8 Å². The summed E-state index contributed by atoms with van der Waals surface area (Å²) in [5.74, 6) is 0.648. The van der Waals surface area contributed by atoms with E-state index >= 15 is 4.39 Å². The van der Waals surface area contributed by atoms with Crippen LogP contribution in [0.1, 0.15) is 129 Å². The first kappa shape index (κ1) is 81.7. The third-order valence-electron chi connectivity index (χ3n) is 24.5. The molecule has 123 heavy (non-hydrogen) atoms. The Morgan fingerprint density at radius 2 is 0.537 bits per heavy atom. The predicted octanol–water partition coefficient (Wildman–Crippen LogP) is 29.3. The molecule has 0 aliphatic rings. The van der Waals surface area contributed by atoms with Gasteiger partial charge in [-0.15, -0.1) is 0 Å². The average molecular weight is 1620 g/mol. The van der Waals surface area contributed by atoms with Crippen LogP contribution in [0.4, 0.5) is 8.78 Å². The van der Waals surface area contributed by atoms with Gasteiger partial charge in [-0.2, -0.15) is 0 Å². The average Bonchev–Trinajstić information content (AvgIpc) is 1.64. The molecule has 0 spiro atoms. The minimum atomic E-state index is -0.150. The number of rotatable bonds is 12. The summed E-state index contributed by atoms with van der Waals surface area (Å²) in [6, 6.07) is 94.6. The molecule has 0 saturated carbocycles. The zero-order valence-electron chi connectivity index (χ0n) is 73.3. The highest BCUT2D eigenvalue weighted by molar-refractivity contribution is 6.13. The van der Waals surface area contributed by atoms with E-state index in [2.05, 4.69) is 295 Å². The Labute approximate surface area is 718 Å². The van der Waals surface area contributed by atoms with Crippen molar-refractivity contribution in [1.29, 1.82) is 0 Å². The van der Waals surface area contributed by atoms with Crippen molar-refractivity contribution in [3.8, 4) is 89.5 Å². The van der Waals surface area contributed by atoms with E-state index in [1.165, 1.54) is 49.9 Å². The monoisotopic (exact) mass is 1620 g/mol. The number of aryl methyl sites for hydroxylation is 9. The van der Waals surface area contributed by atoms with Crippen LogP contribution in [-0.4, -0.2) is 0 Å². The van der Waals surface area contributed by atoms with Crippen LogP contribution < -0.4 is 18.3 Å². The summed E-state index contributed by atoms with van der Waals surface area (Å²) in [6.45, 7) is 27.4. The molecule has 20 rings (SSSR count). The van der Waals surface area contributed by atoms with Gasteiger partial charge < -0.3 is 17.7 Å². The van der Waals surface area contributed by atoms with Crippen LogP contribution in [0, 0.1) is 46.3 Å². The molecule has 8 heterocycles. The van der Waals surface area contributed by atoms with Crippen LogP contribution in [0.15, 0.2) is 315 Å². The van der Waals surface area contributed by atoms with Crippen molar-refractivity contribution in [2.24, 2.45) is 28.2 Å². The summed E-state index contributed by atoms with van der Waals surface area (Å²) in [5, 5.41) is 9.14. The third kappa shape index (κ3) is 15.7. The number of nitrogens with zero attached hydrogens (tertiary/aromatic N) is 4. The molecule has 0 bridgehead atoms. The Morgan fingerprint density at radius 1 is 0.244 bits per heavy atom. The summed E-state index contributed by atoms with van der Waals surface area (Å²) in [5.41, 5.74) is 35.1. The van der Waals surface area contributed by atoms with Crippen LogP contribution in [0.2, 0.25) is 0 Å². The van der Waals surface area contributed by atoms with Gasteiger partial charge in [-0.25, -0.2) is 27.0 Å². The molecule has 20 aromatic rings. The molecule has 10 heteroatoms. The molecule has 0 aliphatic carbocycles. The second kappa shape index (κ2) is 33.7. The molecule has 0 radical (unpaired) electrons. The number of aromatic nitrogens is 4. The highest BCUT2D eigenvalue weighted by Gasteiger charge is 2.28. The van der Waals surface area contributed by atoms with Crippen molar-refractivity contribution in [3.05, 3.63) is 359 Å². The van der Waals surface area contributed by atoms with E-state index < -0.39 is 0 Å². The first-order valence-electron chi connectivity index (χ1n) is 42.8. The molecule has 0 aliphatic heterocycles. The minimum absolute atomic E-state index is 0.0710. The molecule has 0 fully saturated rings. The maximum atomic E-state index is 15.2. The van der Waals surface area contributed by atoms with Gasteiger partial charge in [0.25, 0.3) is 0 Å². The number of halogens is 2. The van der Waals surface area contributed by atoms with Crippen molar-refractivity contribution in [2.45, 2.75) is 114 Å². The SMILES string of the molecule is Cc1ccc2c(oc3ccccc32)c1-c1cc(-c2cc(C(C)C)c(F)c(C(C)C)c2)cc[n+]1C.Cc1ccc2c(oc3ccccc32)c1-c1cc(-c2ccc(F)c(C(C)C)c2)cc[n+]1C.Cc1ccc2c(oc3ccccc32)c1-c1cc(-c2cccc(C(C)C)c2)cc[n+]1C.Cc1cccc(-c2cc[n+](C)c(-c3c(C)ccc4c3oc3ccccc34)c2)c1. The normalized spacial score (nSPS) is 11.7. The van der Waals surface area contributed by atoms with E-state index in [1.807, 2.05) is 134 Å². The molecule has 0 N–H and O–H groups in total. The summed E-state index contributed by atoms with van der Waals surface area (Å²) in [6.07, 6.45) is 8.42. The fraction of sp³-hybridized carbons (Fsp3) is 0.186. The third-order valence-corrected chi connectivity index (χ3v) is 24.5. The smallest absolute Gasteiger partial charge is 0.216 e. The van der Waals surface area contributed by atoms with E-state index in [0.29, 0.717) is 5.92 Å². The van der Waals surface area contributed by atoms with Crippen LogP contribution in [-0.2, 0) is 28.2 Å². The van der Waals surface area contributed by atoms with Gasteiger partial charge in [0.05, 0.1) is 22.3 Å². The van der Waals surface area contributed by atoms with Gasteiger partial charge in [-0.1, -0.05) is 237 Å². The molecule has 8 nitrogen and oxygen atoms in total. The van der Waals surface area contributed by atoms with Gasteiger partial charge in [0.2, 0.25) is 22.8 Å². The number of hydrogen-bond acceptors (Lipinski definition) is 4. The van der Waals surface area contributed by atoms with Crippen molar-refractivity contribution in [2.75, 3.05) is 0 Å². The first-order chi connectivity index (χ1) is 59.3. The number of para-hydroxylation sites is 4. The number of furan rings is 4. The summed E-state index contributed by atoms with van der Waals surface area (Å²) < 4.78 is 63.4. The second-order valence-corrected chi connectivity index (χ2v) is 34.4. The molecule has 8 aromatic heterocycles. The lowest BCUT2D eigenvalue weighted by Gasteiger charge is -2.17. The molecule has 0 saturated heterocycles. The van der Waals surface area contributed by atoms with Crippen molar-refractivity contribution in [3.63, 3.8) is 0 Å². The zero-order valence-corrected chi connectivity index (χ0v) is 73.3. The van der Waals surface area contributed by atoms with Crippen molar-refractivity contribution in [1.82, 2.24) is 0 Å². The summed E-state index contributed by atoms with van der Waals surface area (Å²) >= 11 is 0. The van der Waals surface area contributed by atoms with Gasteiger partial charge >= 0.3 is 0 Å². The Hall–Kier alpha value is -13.7. The standard InChI is InChI=1S/C31H31FNO.C28H25FNO.C28H26NO.C26H22NO/c1-18(2)25-15-22(16-26(19(3)4)30(25)32)21-13-14-33(6)27(17-21)29-20(5)11-12-24-23-9-7-8-10-28(23)34-31(24)29;1-17(2)23-15-19(10-12-24(23)29)20-13-14-30(4)25(16-20)27-18(3)9-11-22-21-7-5-6-8-26(21)31-28(22)27;1-18(2)20-8-7-9-21(16-20)22-14-15-29(4)25(17-22)27-19(3)12-13-24-23-10-5-6-11-26(23)30-28(24)27;1-17-7-6-8-19(15-17)20-13-14-27(3)23(16-20)25-18(2)11-12-22-21-9-4-5-10-24(21)28-26(22)25/h7-19H,1-6H3;5-17H,1-4H3;5-18H,1-4H3;4-16H,1-3H3/q4*+1. The van der Waals surface area contributed by atoms with E-state index in [9.17, 15) is 4.39 Å². The van der Waals surface area contributed by atoms with Crippen LogP contribution >= 0.6 is 0 Å². The van der Waals surface area contributed by atoms with Gasteiger partial charge in [0.1, 0.15) is 84.5 Å². The summed E-state index contributed by atoms with van der Waals surface area (Å²) in [4.78, 5) is 0. The highest BCUT2D eigenvalue weighted by Crippen LogP contribution is 2.45. The first-order valence-corrected chi connectivity index (χ1v) is 42.8. The Kier molecular flexibility index (Phi) is 22.4. The number of benzene rings is 12. The molecule has 0 unspecified atom stereocenters. The molecular weight excluding hydrogens is 1520 g/mol. The van der Waals surface area contributed by atoms with E-state index in [4.69, 9.17) is 17.7 Å².